The maximum Gasteiger partial charge on any atom is 0.323 e. The van der Waals surface area contributed by atoms with Crippen LogP contribution in [0.5, 0.6) is 0 Å². The van der Waals surface area contributed by atoms with Gasteiger partial charge in [0.15, 0.2) is 0 Å². The molecule has 14 heavy (non-hydrogen) atoms. The number of carboxylic acids is 1. The number of carbonyl (C=O) groups excluding carboxylic acids is 1. The molecule has 1 unspecified atom stereocenters. The van der Waals surface area contributed by atoms with Crippen molar-refractivity contribution in [2.45, 2.75) is 26.3 Å². The molecule has 5 nitrogen and oxygen atoms in total. The highest BCUT2D eigenvalue weighted by molar-refractivity contribution is 5.81. The molecule has 0 radical (unpaired) electrons. The largest absolute Gasteiger partial charge is 0.480 e. The van der Waals surface area contributed by atoms with Gasteiger partial charge in [0, 0.05) is 12.6 Å². The molecule has 1 heterocycles. The van der Waals surface area contributed by atoms with E-state index in [2.05, 4.69) is 19.2 Å². The third-order valence-corrected chi connectivity index (χ3v) is 2.14. The summed E-state index contributed by atoms with van der Waals surface area (Å²) in [7, 11) is 0. The molecular weight excluding hydrogens is 184 g/mol. The van der Waals surface area contributed by atoms with E-state index in [1.807, 2.05) is 0 Å². The van der Waals surface area contributed by atoms with Gasteiger partial charge in [-0.1, -0.05) is 13.8 Å². The molecule has 0 aromatic heterocycles. The SMILES string of the molecule is CC(C)CC1CN(CC(=O)O)C(=O)N1. The van der Waals surface area contributed by atoms with E-state index in [1.54, 1.807) is 0 Å². The second-order valence-electron chi connectivity index (χ2n) is 4.05. The normalized spacial score (nSPS) is 21.5. The van der Waals surface area contributed by atoms with Crippen LogP contribution < -0.4 is 5.32 Å². The van der Waals surface area contributed by atoms with Crippen molar-refractivity contribution in [1.82, 2.24) is 10.2 Å². The molecule has 2 amide bonds. The highest BCUT2D eigenvalue weighted by Gasteiger charge is 2.29. The van der Waals surface area contributed by atoms with Gasteiger partial charge in [-0.3, -0.25) is 4.79 Å². The lowest BCUT2D eigenvalue weighted by Crippen LogP contribution is -2.32. The molecule has 1 aliphatic heterocycles. The number of carbonyl (C=O) groups is 2. The molecule has 1 aliphatic rings. The van der Waals surface area contributed by atoms with Crippen LogP contribution in [0.2, 0.25) is 0 Å². The van der Waals surface area contributed by atoms with Crippen LogP contribution in [-0.4, -0.2) is 41.1 Å². The van der Waals surface area contributed by atoms with Crippen LogP contribution in [0.15, 0.2) is 0 Å². The Morgan fingerprint density at radius 3 is 2.86 bits per heavy atom. The predicted molar refractivity (Wildman–Crippen MR) is 51.0 cm³/mol. The van der Waals surface area contributed by atoms with Gasteiger partial charge >= 0.3 is 12.0 Å². The average molecular weight is 200 g/mol. The molecule has 0 aromatic rings. The summed E-state index contributed by atoms with van der Waals surface area (Å²) in [5.41, 5.74) is 0. The van der Waals surface area contributed by atoms with Crippen molar-refractivity contribution in [2.75, 3.05) is 13.1 Å². The van der Waals surface area contributed by atoms with Gasteiger partial charge in [0.05, 0.1) is 0 Å². The molecule has 80 valence electrons. The van der Waals surface area contributed by atoms with E-state index in [0.29, 0.717) is 12.5 Å². The molecule has 0 spiro atoms. The zero-order valence-corrected chi connectivity index (χ0v) is 8.49. The Hall–Kier alpha value is -1.26. The molecule has 0 aromatic carbocycles. The smallest absolute Gasteiger partial charge is 0.323 e. The van der Waals surface area contributed by atoms with Gasteiger partial charge < -0.3 is 15.3 Å². The Morgan fingerprint density at radius 1 is 1.71 bits per heavy atom. The van der Waals surface area contributed by atoms with Crippen LogP contribution in [0, 0.1) is 5.92 Å². The predicted octanol–water partition coefficient (Wildman–Crippen LogP) is 0.511. The van der Waals surface area contributed by atoms with Crippen LogP contribution in [0.4, 0.5) is 4.79 Å². The zero-order valence-electron chi connectivity index (χ0n) is 8.49. The maximum atomic E-state index is 11.3. The summed E-state index contributed by atoms with van der Waals surface area (Å²) in [6.45, 7) is 4.45. The monoisotopic (exact) mass is 200 g/mol. The molecular formula is C9H16N2O3. The molecule has 1 fully saturated rings. The zero-order chi connectivity index (χ0) is 10.7. The van der Waals surface area contributed by atoms with E-state index in [1.165, 1.54) is 4.90 Å². The minimum absolute atomic E-state index is 0.0989. The van der Waals surface area contributed by atoms with Gasteiger partial charge in [-0.05, 0) is 12.3 Å². The van der Waals surface area contributed by atoms with Crippen molar-refractivity contribution in [3.8, 4) is 0 Å². The van der Waals surface area contributed by atoms with Gasteiger partial charge in [0.1, 0.15) is 6.54 Å². The molecule has 0 saturated carbocycles. The van der Waals surface area contributed by atoms with E-state index in [4.69, 9.17) is 5.11 Å². The van der Waals surface area contributed by atoms with Crippen molar-refractivity contribution >= 4 is 12.0 Å². The van der Waals surface area contributed by atoms with Gasteiger partial charge in [-0.2, -0.15) is 0 Å². The lowest BCUT2D eigenvalue weighted by molar-refractivity contribution is -0.137. The first kappa shape index (κ1) is 10.8. The third kappa shape index (κ3) is 2.90. The Balaban J connectivity index is 2.43. The van der Waals surface area contributed by atoms with Crippen molar-refractivity contribution in [2.24, 2.45) is 5.92 Å². The van der Waals surface area contributed by atoms with Crippen molar-refractivity contribution < 1.29 is 14.7 Å². The van der Waals surface area contributed by atoms with E-state index in [-0.39, 0.29) is 18.6 Å². The second kappa shape index (κ2) is 4.30. The Kier molecular flexibility index (Phi) is 3.33. The van der Waals surface area contributed by atoms with E-state index >= 15 is 0 Å². The summed E-state index contributed by atoms with van der Waals surface area (Å²) in [6, 6.07) is -0.167. The van der Waals surface area contributed by atoms with Crippen LogP contribution in [0.1, 0.15) is 20.3 Å². The molecule has 1 atom stereocenters. The summed E-state index contributed by atoms with van der Waals surface area (Å²) in [6.07, 6.45) is 0.891. The highest BCUT2D eigenvalue weighted by Crippen LogP contribution is 2.11. The first-order valence-corrected chi connectivity index (χ1v) is 4.76. The Bertz CT molecular complexity index is 240. The number of rotatable bonds is 4. The van der Waals surface area contributed by atoms with E-state index in [9.17, 15) is 9.59 Å². The lowest BCUT2D eigenvalue weighted by Gasteiger charge is -2.12. The van der Waals surface area contributed by atoms with Crippen LogP contribution >= 0.6 is 0 Å². The number of urea groups is 1. The summed E-state index contributed by atoms with van der Waals surface area (Å²) in [4.78, 5) is 23.0. The first-order valence-electron chi connectivity index (χ1n) is 4.76. The first-order chi connectivity index (χ1) is 6.49. The molecule has 1 rings (SSSR count). The Morgan fingerprint density at radius 2 is 2.36 bits per heavy atom. The second-order valence-corrected chi connectivity index (χ2v) is 4.05. The quantitative estimate of drug-likeness (QED) is 0.694. The molecule has 5 heteroatoms. The molecule has 0 bridgehead atoms. The number of hydrogen-bond acceptors (Lipinski definition) is 2. The summed E-state index contributed by atoms with van der Waals surface area (Å²) < 4.78 is 0. The van der Waals surface area contributed by atoms with Gasteiger partial charge in [0.25, 0.3) is 0 Å². The molecule has 1 saturated heterocycles. The van der Waals surface area contributed by atoms with Crippen molar-refractivity contribution in [3.63, 3.8) is 0 Å². The fourth-order valence-electron chi connectivity index (χ4n) is 1.66. The number of carboxylic acid groups (broad SMARTS) is 1. The average Bonchev–Trinajstić information content (AvgIpc) is 2.28. The highest BCUT2D eigenvalue weighted by atomic mass is 16.4. The van der Waals surface area contributed by atoms with Crippen molar-refractivity contribution in [3.05, 3.63) is 0 Å². The van der Waals surface area contributed by atoms with E-state index in [0.717, 1.165) is 6.42 Å². The number of hydrogen-bond donors (Lipinski definition) is 2. The fourth-order valence-corrected chi connectivity index (χ4v) is 1.66. The standard InChI is InChI=1S/C9H16N2O3/c1-6(2)3-7-4-11(5-8(12)13)9(14)10-7/h6-7H,3-5H2,1-2H3,(H,10,14)(H,12,13). The van der Waals surface area contributed by atoms with Gasteiger partial charge in [0.2, 0.25) is 0 Å². The number of aliphatic carboxylic acids is 1. The summed E-state index contributed by atoms with van der Waals surface area (Å²) in [5, 5.41) is 11.3. The van der Waals surface area contributed by atoms with Crippen molar-refractivity contribution in [1.29, 1.82) is 0 Å². The number of nitrogens with zero attached hydrogens (tertiary/aromatic N) is 1. The van der Waals surface area contributed by atoms with Crippen LogP contribution in [0.3, 0.4) is 0 Å². The third-order valence-electron chi connectivity index (χ3n) is 2.14. The van der Waals surface area contributed by atoms with Crippen LogP contribution in [-0.2, 0) is 4.79 Å². The molecule has 2 N–H and O–H groups in total. The topological polar surface area (TPSA) is 69.6 Å². The fraction of sp³-hybridized carbons (Fsp3) is 0.778. The van der Waals surface area contributed by atoms with E-state index < -0.39 is 5.97 Å². The summed E-state index contributed by atoms with van der Waals surface area (Å²) in [5.74, 6) is -0.463. The summed E-state index contributed by atoms with van der Waals surface area (Å²) >= 11 is 0. The minimum atomic E-state index is -0.967. The minimum Gasteiger partial charge on any atom is -0.480 e. The lowest BCUT2D eigenvalue weighted by atomic mass is 10.0. The Labute approximate surface area is 83.1 Å². The van der Waals surface area contributed by atoms with Gasteiger partial charge in [-0.15, -0.1) is 0 Å². The maximum absolute atomic E-state index is 11.3. The number of nitrogens with one attached hydrogen (secondary N) is 1. The van der Waals surface area contributed by atoms with Crippen LogP contribution in [0.25, 0.3) is 0 Å². The number of amides is 2. The molecule has 0 aliphatic carbocycles. The van der Waals surface area contributed by atoms with Gasteiger partial charge in [-0.25, -0.2) is 4.79 Å².